The van der Waals surface area contributed by atoms with E-state index >= 15 is 0 Å². The number of sulfonamides is 1. The second-order valence-corrected chi connectivity index (χ2v) is 8.63. The molecular weight excluding hydrogens is 322 g/mol. The second kappa shape index (κ2) is 6.36. The normalized spacial score (nSPS) is 19.6. The monoisotopic (exact) mass is 341 g/mol. The number of amides is 1. The molecule has 1 aliphatic heterocycles. The molecule has 1 fully saturated rings. The van der Waals surface area contributed by atoms with E-state index in [4.69, 9.17) is 0 Å². The number of nitrogens with zero attached hydrogens (tertiary/aromatic N) is 2. The predicted molar refractivity (Wildman–Crippen MR) is 86.3 cm³/mol. The number of carbonyl (C=O) groups is 1. The molecule has 2 heterocycles. The highest BCUT2D eigenvalue weighted by molar-refractivity contribution is 7.88. The van der Waals surface area contributed by atoms with E-state index in [-0.39, 0.29) is 5.91 Å². The van der Waals surface area contributed by atoms with Crippen molar-refractivity contribution in [3.05, 3.63) is 16.0 Å². The zero-order valence-electron chi connectivity index (χ0n) is 12.8. The molecule has 0 saturated carbocycles. The van der Waals surface area contributed by atoms with E-state index in [1.807, 2.05) is 13.8 Å². The molecule has 22 heavy (non-hydrogen) atoms. The van der Waals surface area contributed by atoms with Gasteiger partial charge >= 0.3 is 0 Å². The number of aryl methyl sites for hydroxylation is 1. The fourth-order valence-corrected chi connectivity index (χ4v) is 4.75. The van der Waals surface area contributed by atoms with Gasteiger partial charge in [0.15, 0.2) is 0 Å². The summed E-state index contributed by atoms with van der Waals surface area (Å²) in [5.41, 5.74) is 1.31. The van der Waals surface area contributed by atoms with Crippen molar-refractivity contribution in [1.82, 2.24) is 4.31 Å². The number of piperidine rings is 1. The molecule has 1 unspecified atom stereocenters. The van der Waals surface area contributed by atoms with E-state index in [2.05, 4.69) is 11.4 Å². The van der Waals surface area contributed by atoms with Crippen LogP contribution in [0.3, 0.4) is 0 Å². The van der Waals surface area contributed by atoms with Crippen LogP contribution >= 0.6 is 11.3 Å². The SMILES string of the molecule is Cc1sc(NC(=O)C2CCCCN2S(C)(=O)=O)c(C#N)c1C. The van der Waals surface area contributed by atoms with Gasteiger partial charge < -0.3 is 5.32 Å². The summed E-state index contributed by atoms with van der Waals surface area (Å²) in [6.07, 6.45) is 3.21. The highest BCUT2D eigenvalue weighted by Crippen LogP contribution is 2.32. The van der Waals surface area contributed by atoms with Crippen molar-refractivity contribution < 1.29 is 13.2 Å². The number of anilines is 1. The van der Waals surface area contributed by atoms with Crippen molar-refractivity contribution in [2.45, 2.75) is 39.2 Å². The van der Waals surface area contributed by atoms with E-state index in [1.165, 1.54) is 15.6 Å². The Hall–Kier alpha value is -1.43. The third-order valence-electron chi connectivity index (χ3n) is 3.92. The quantitative estimate of drug-likeness (QED) is 0.910. The summed E-state index contributed by atoms with van der Waals surface area (Å²) < 4.78 is 24.9. The molecule has 1 aromatic heterocycles. The smallest absolute Gasteiger partial charge is 0.243 e. The minimum atomic E-state index is -3.42. The van der Waals surface area contributed by atoms with Crippen LogP contribution in [0.4, 0.5) is 5.00 Å². The van der Waals surface area contributed by atoms with Gasteiger partial charge in [-0.1, -0.05) is 6.42 Å². The molecule has 0 spiro atoms. The molecule has 8 heteroatoms. The number of thiophene rings is 1. The largest absolute Gasteiger partial charge is 0.315 e. The molecule has 120 valence electrons. The fourth-order valence-electron chi connectivity index (χ4n) is 2.61. The molecule has 2 rings (SSSR count). The van der Waals surface area contributed by atoms with Crippen LogP contribution in [0.15, 0.2) is 0 Å². The highest BCUT2D eigenvalue weighted by atomic mass is 32.2. The maximum absolute atomic E-state index is 12.5. The Morgan fingerprint density at radius 2 is 2.09 bits per heavy atom. The molecular formula is C14H19N3O3S2. The molecule has 0 bridgehead atoms. The lowest BCUT2D eigenvalue weighted by Crippen LogP contribution is -2.49. The van der Waals surface area contributed by atoms with Gasteiger partial charge in [0.2, 0.25) is 15.9 Å². The molecule has 0 aliphatic carbocycles. The maximum Gasteiger partial charge on any atom is 0.243 e. The van der Waals surface area contributed by atoms with Crippen LogP contribution in [0.25, 0.3) is 0 Å². The number of nitriles is 1. The van der Waals surface area contributed by atoms with Crippen LogP contribution in [-0.2, 0) is 14.8 Å². The van der Waals surface area contributed by atoms with E-state index in [9.17, 15) is 18.5 Å². The number of rotatable bonds is 3. The lowest BCUT2D eigenvalue weighted by Gasteiger charge is -2.32. The summed E-state index contributed by atoms with van der Waals surface area (Å²) >= 11 is 1.34. The van der Waals surface area contributed by atoms with Crippen molar-refractivity contribution in [2.75, 3.05) is 18.1 Å². The molecule has 1 aliphatic rings. The summed E-state index contributed by atoms with van der Waals surface area (Å²) in [5, 5.41) is 12.5. The summed E-state index contributed by atoms with van der Waals surface area (Å²) in [4.78, 5) is 13.5. The van der Waals surface area contributed by atoms with Crippen molar-refractivity contribution in [2.24, 2.45) is 0 Å². The van der Waals surface area contributed by atoms with Crippen molar-refractivity contribution in [1.29, 1.82) is 5.26 Å². The standard InChI is InChI=1S/C14H19N3O3S2/c1-9-10(2)21-14(11(9)8-15)16-13(18)12-6-4-5-7-17(12)22(3,19)20/h12H,4-7H2,1-3H3,(H,16,18). The fraction of sp³-hybridized carbons (Fsp3) is 0.571. The predicted octanol–water partition coefficient (Wildman–Crippen LogP) is 1.99. The molecule has 6 nitrogen and oxygen atoms in total. The zero-order chi connectivity index (χ0) is 16.5. The minimum absolute atomic E-state index is 0.358. The molecule has 0 radical (unpaired) electrons. The van der Waals surface area contributed by atoms with E-state index in [0.29, 0.717) is 23.5 Å². The first kappa shape index (κ1) is 16.9. The van der Waals surface area contributed by atoms with Gasteiger partial charge in [0.25, 0.3) is 0 Å². The molecule has 0 aromatic carbocycles. The molecule has 1 amide bonds. The van der Waals surface area contributed by atoms with Gasteiger partial charge in [-0.25, -0.2) is 8.42 Å². The molecule has 1 saturated heterocycles. The number of hydrogen-bond donors (Lipinski definition) is 1. The zero-order valence-corrected chi connectivity index (χ0v) is 14.5. The average Bonchev–Trinajstić information content (AvgIpc) is 2.72. The Labute approximate surface area is 134 Å². The topological polar surface area (TPSA) is 90.3 Å². The highest BCUT2D eigenvalue weighted by Gasteiger charge is 2.35. The molecule has 1 aromatic rings. The van der Waals surface area contributed by atoms with Crippen molar-refractivity contribution in [3.8, 4) is 6.07 Å². The third-order valence-corrected chi connectivity index (χ3v) is 6.33. The lowest BCUT2D eigenvalue weighted by atomic mass is 10.0. The maximum atomic E-state index is 12.5. The first-order chi connectivity index (χ1) is 10.3. The Morgan fingerprint density at radius 3 is 2.68 bits per heavy atom. The van der Waals surface area contributed by atoms with Gasteiger partial charge in [0.1, 0.15) is 17.1 Å². The first-order valence-corrected chi connectivity index (χ1v) is 9.70. The van der Waals surface area contributed by atoms with Crippen LogP contribution in [0.5, 0.6) is 0 Å². The second-order valence-electron chi connectivity index (χ2n) is 5.47. The summed E-state index contributed by atoms with van der Waals surface area (Å²) in [6.45, 7) is 4.09. The van der Waals surface area contributed by atoms with Gasteiger partial charge in [-0.3, -0.25) is 4.79 Å². The van der Waals surface area contributed by atoms with E-state index in [1.54, 1.807) is 0 Å². The Balaban J connectivity index is 2.25. The summed E-state index contributed by atoms with van der Waals surface area (Å²) in [5.74, 6) is -0.358. The average molecular weight is 341 g/mol. The molecule has 1 atom stereocenters. The van der Waals surface area contributed by atoms with Crippen LogP contribution in [0.1, 0.15) is 35.3 Å². The minimum Gasteiger partial charge on any atom is -0.315 e. The number of nitrogens with one attached hydrogen (secondary N) is 1. The van der Waals surface area contributed by atoms with Crippen LogP contribution in [-0.4, -0.2) is 37.5 Å². The number of carbonyl (C=O) groups excluding carboxylic acids is 1. The van der Waals surface area contributed by atoms with E-state index in [0.717, 1.165) is 29.5 Å². The third kappa shape index (κ3) is 3.32. The van der Waals surface area contributed by atoms with Crippen LogP contribution < -0.4 is 5.32 Å². The Morgan fingerprint density at radius 1 is 1.41 bits per heavy atom. The van der Waals surface area contributed by atoms with Gasteiger partial charge in [-0.15, -0.1) is 11.3 Å². The summed E-state index contributed by atoms with van der Waals surface area (Å²) in [7, 11) is -3.42. The van der Waals surface area contributed by atoms with Gasteiger partial charge in [-0.2, -0.15) is 9.57 Å². The number of hydrogen-bond acceptors (Lipinski definition) is 5. The molecule has 1 N–H and O–H groups in total. The van der Waals surface area contributed by atoms with Gasteiger partial charge in [0, 0.05) is 11.4 Å². The van der Waals surface area contributed by atoms with Crippen molar-refractivity contribution >= 4 is 32.3 Å². The Kier molecular flexibility index (Phi) is 4.90. The summed E-state index contributed by atoms with van der Waals surface area (Å²) in [6, 6.07) is 1.40. The first-order valence-electron chi connectivity index (χ1n) is 7.03. The van der Waals surface area contributed by atoms with Gasteiger partial charge in [-0.05, 0) is 32.3 Å². The Bertz CT molecular complexity index is 731. The van der Waals surface area contributed by atoms with Crippen molar-refractivity contribution in [3.63, 3.8) is 0 Å². The van der Waals surface area contributed by atoms with Crippen LogP contribution in [0, 0.1) is 25.2 Å². The van der Waals surface area contributed by atoms with Crippen LogP contribution in [0.2, 0.25) is 0 Å². The van der Waals surface area contributed by atoms with E-state index < -0.39 is 16.1 Å². The van der Waals surface area contributed by atoms with Gasteiger partial charge in [0.05, 0.1) is 11.8 Å². The lowest BCUT2D eigenvalue weighted by molar-refractivity contribution is -0.120.